The van der Waals surface area contributed by atoms with Crippen molar-refractivity contribution in [2.24, 2.45) is 0 Å². The second-order valence-corrected chi connectivity index (χ2v) is 3.24. The zero-order valence-electron chi connectivity index (χ0n) is 6.75. The first kappa shape index (κ1) is 8.40. The van der Waals surface area contributed by atoms with Crippen molar-refractivity contribution < 1.29 is 9.52 Å². The Morgan fingerprint density at radius 3 is 3.15 bits per heavy atom. The van der Waals surface area contributed by atoms with E-state index in [0.717, 1.165) is 5.69 Å². The molecule has 68 valence electrons. The monoisotopic (exact) mass is 196 g/mol. The molecule has 0 aromatic carbocycles. The van der Waals surface area contributed by atoms with E-state index in [1.165, 1.54) is 17.8 Å². The van der Waals surface area contributed by atoms with E-state index in [1.807, 2.05) is 5.38 Å². The third kappa shape index (κ3) is 1.93. The molecular formula is C8H8N2O2S. The van der Waals surface area contributed by atoms with Crippen molar-refractivity contribution in [1.29, 1.82) is 0 Å². The minimum absolute atomic E-state index is 0.448. The van der Waals surface area contributed by atoms with Gasteiger partial charge in [0.2, 0.25) is 0 Å². The van der Waals surface area contributed by atoms with Crippen LogP contribution in [0.25, 0.3) is 0 Å². The fourth-order valence-electron chi connectivity index (χ4n) is 1.05. The van der Waals surface area contributed by atoms with Crippen LogP contribution in [0.5, 0.6) is 0 Å². The average molecular weight is 196 g/mol. The van der Waals surface area contributed by atoms with Crippen LogP contribution in [0, 0.1) is 0 Å². The first-order chi connectivity index (χ1) is 6.36. The number of hydrogen-bond acceptors (Lipinski definition) is 5. The molecule has 0 saturated heterocycles. The number of nitrogens with zero attached hydrogens (tertiary/aromatic N) is 2. The molecule has 0 spiro atoms. The molecule has 0 aliphatic carbocycles. The largest absolute Gasteiger partial charge is 0.467 e. The molecule has 0 fully saturated rings. The summed E-state index contributed by atoms with van der Waals surface area (Å²) in [5, 5.41) is 15.3. The van der Waals surface area contributed by atoms with Crippen LogP contribution in [0.4, 0.5) is 0 Å². The van der Waals surface area contributed by atoms with Crippen molar-refractivity contribution >= 4 is 11.5 Å². The van der Waals surface area contributed by atoms with Gasteiger partial charge in [-0.25, -0.2) is 0 Å². The maximum Gasteiger partial charge on any atom is 0.132 e. The van der Waals surface area contributed by atoms with E-state index in [0.29, 0.717) is 12.2 Å². The Kier molecular flexibility index (Phi) is 2.37. The van der Waals surface area contributed by atoms with E-state index < -0.39 is 6.10 Å². The molecule has 2 rings (SSSR count). The van der Waals surface area contributed by atoms with Crippen molar-refractivity contribution in [1.82, 2.24) is 9.59 Å². The van der Waals surface area contributed by atoms with Gasteiger partial charge >= 0.3 is 0 Å². The number of rotatable bonds is 3. The van der Waals surface area contributed by atoms with Gasteiger partial charge in [-0.05, 0) is 23.7 Å². The lowest BCUT2D eigenvalue weighted by Crippen LogP contribution is -2.00. The molecule has 0 bridgehead atoms. The summed E-state index contributed by atoms with van der Waals surface area (Å²) in [5.41, 5.74) is 0.786. The molecule has 4 nitrogen and oxygen atoms in total. The number of aliphatic hydroxyl groups is 1. The van der Waals surface area contributed by atoms with Gasteiger partial charge in [-0.1, -0.05) is 4.49 Å². The summed E-state index contributed by atoms with van der Waals surface area (Å²) in [7, 11) is 0. The maximum absolute atomic E-state index is 9.62. The maximum atomic E-state index is 9.62. The van der Waals surface area contributed by atoms with E-state index in [-0.39, 0.29) is 0 Å². The van der Waals surface area contributed by atoms with Gasteiger partial charge in [0, 0.05) is 11.8 Å². The molecule has 5 heteroatoms. The SMILES string of the molecule is OC(Cc1csnn1)c1ccco1. The van der Waals surface area contributed by atoms with Crippen molar-refractivity contribution in [2.75, 3.05) is 0 Å². The Balaban J connectivity index is 2.04. The van der Waals surface area contributed by atoms with E-state index in [9.17, 15) is 5.11 Å². The molecular weight excluding hydrogens is 188 g/mol. The molecule has 2 aromatic heterocycles. The molecule has 0 aliphatic heterocycles. The number of furan rings is 1. The summed E-state index contributed by atoms with van der Waals surface area (Å²) in [6.07, 6.45) is 1.36. The Hall–Kier alpha value is -1.20. The lowest BCUT2D eigenvalue weighted by atomic mass is 10.2. The number of aliphatic hydroxyl groups excluding tert-OH is 1. The second kappa shape index (κ2) is 3.68. The molecule has 1 N–H and O–H groups in total. The third-order valence-corrected chi connectivity index (χ3v) is 2.23. The summed E-state index contributed by atoms with van der Waals surface area (Å²) in [4.78, 5) is 0. The van der Waals surface area contributed by atoms with E-state index in [1.54, 1.807) is 12.1 Å². The Morgan fingerprint density at radius 2 is 2.54 bits per heavy atom. The highest BCUT2D eigenvalue weighted by atomic mass is 32.1. The highest BCUT2D eigenvalue weighted by Crippen LogP contribution is 2.17. The summed E-state index contributed by atoms with van der Waals surface area (Å²) in [5.74, 6) is 0.563. The van der Waals surface area contributed by atoms with Gasteiger partial charge in [-0.2, -0.15) is 0 Å². The first-order valence-corrected chi connectivity index (χ1v) is 4.67. The third-order valence-electron chi connectivity index (χ3n) is 1.68. The first-order valence-electron chi connectivity index (χ1n) is 3.83. The number of aromatic nitrogens is 2. The van der Waals surface area contributed by atoms with Crippen LogP contribution in [0.3, 0.4) is 0 Å². The normalized spacial score (nSPS) is 13.0. The highest BCUT2D eigenvalue weighted by molar-refractivity contribution is 7.03. The van der Waals surface area contributed by atoms with Crippen LogP contribution < -0.4 is 0 Å². The van der Waals surface area contributed by atoms with E-state index in [2.05, 4.69) is 9.59 Å². The molecule has 2 aromatic rings. The zero-order chi connectivity index (χ0) is 9.10. The average Bonchev–Trinajstić information content (AvgIpc) is 2.74. The van der Waals surface area contributed by atoms with Gasteiger partial charge in [0.15, 0.2) is 0 Å². The molecule has 1 atom stereocenters. The Labute approximate surface area is 79.0 Å². The smallest absolute Gasteiger partial charge is 0.132 e. The molecule has 1 unspecified atom stereocenters. The van der Waals surface area contributed by atoms with Crippen LogP contribution in [0.15, 0.2) is 28.2 Å². The summed E-state index contributed by atoms with van der Waals surface area (Å²) < 4.78 is 8.76. The lowest BCUT2D eigenvalue weighted by Gasteiger charge is -2.03. The summed E-state index contributed by atoms with van der Waals surface area (Å²) >= 11 is 1.28. The summed E-state index contributed by atoms with van der Waals surface area (Å²) in [6, 6.07) is 3.49. The minimum atomic E-state index is -0.626. The Bertz CT molecular complexity index is 344. The van der Waals surface area contributed by atoms with Gasteiger partial charge in [-0.15, -0.1) is 5.10 Å². The van der Waals surface area contributed by atoms with Crippen LogP contribution in [-0.4, -0.2) is 14.7 Å². The molecule has 0 saturated carbocycles. The van der Waals surface area contributed by atoms with Crippen molar-refractivity contribution in [3.05, 3.63) is 35.2 Å². The van der Waals surface area contributed by atoms with Gasteiger partial charge in [0.1, 0.15) is 11.9 Å². The van der Waals surface area contributed by atoms with Crippen LogP contribution >= 0.6 is 11.5 Å². The van der Waals surface area contributed by atoms with Crippen LogP contribution in [-0.2, 0) is 6.42 Å². The molecule has 2 heterocycles. The fourth-order valence-corrected chi connectivity index (χ4v) is 1.52. The standard InChI is InChI=1S/C8H8N2O2S/c11-7(8-2-1-3-12-8)4-6-5-13-10-9-6/h1-3,5,7,11H,4H2. The summed E-state index contributed by atoms with van der Waals surface area (Å²) in [6.45, 7) is 0. The highest BCUT2D eigenvalue weighted by Gasteiger charge is 2.12. The van der Waals surface area contributed by atoms with Gasteiger partial charge in [0.05, 0.1) is 12.0 Å². The fraction of sp³-hybridized carbons (Fsp3) is 0.250. The van der Waals surface area contributed by atoms with Gasteiger partial charge in [-0.3, -0.25) is 0 Å². The van der Waals surface area contributed by atoms with E-state index in [4.69, 9.17) is 4.42 Å². The predicted octanol–water partition coefficient (Wildman–Crippen LogP) is 1.41. The quantitative estimate of drug-likeness (QED) is 0.806. The van der Waals surface area contributed by atoms with Crippen molar-refractivity contribution in [3.8, 4) is 0 Å². The van der Waals surface area contributed by atoms with Crippen molar-refractivity contribution in [2.45, 2.75) is 12.5 Å². The minimum Gasteiger partial charge on any atom is -0.467 e. The van der Waals surface area contributed by atoms with Crippen LogP contribution in [0.1, 0.15) is 17.6 Å². The second-order valence-electron chi connectivity index (χ2n) is 2.63. The predicted molar refractivity (Wildman–Crippen MR) is 47.3 cm³/mol. The lowest BCUT2D eigenvalue weighted by molar-refractivity contribution is 0.149. The molecule has 0 aliphatic rings. The van der Waals surface area contributed by atoms with Crippen molar-refractivity contribution in [3.63, 3.8) is 0 Å². The zero-order valence-corrected chi connectivity index (χ0v) is 7.57. The number of hydrogen-bond donors (Lipinski definition) is 1. The van der Waals surface area contributed by atoms with Gasteiger partial charge in [0.25, 0.3) is 0 Å². The van der Waals surface area contributed by atoms with Gasteiger partial charge < -0.3 is 9.52 Å². The molecule has 13 heavy (non-hydrogen) atoms. The van der Waals surface area contributed by atoms with E-state index >= 15 is 0 Å². The molecule has 0 amide bonds. The molecule has 0 radical (unpaired) electrons. The Morgan fingerprint density at radius 1 is 1.62 bits per heavy atom. The van der Waals surface area contributed by atoms with Crippen LogP contribution in [0.2, 0.25) is 0 Å². The topological polar surface area (TPSA) is 59.2 Å².